The second kappa shape index (κ2) is 10.4. The Morgan fingerprint density at radius 1 is 1.09 bits per heavy atom. The molecule has 4 amide bonds. The van der Waals surface area contributed by atoms with Crippen LogP contribution in [-0.2, 0) is 25.7 Å². The lowest BCUT2D eigenvalue weighted by atomic mass is 9.89. The molecule has 180 valence electrons. The minimum atomic E-state index is -1.11. The fourth-order valence-corrected chi connectivity index (χ4v) is 3.62. The van der Waals surface area contributed by atoms with Gasteiger partial charge < -0.3 is 10.1 Å². The number of urea groups is 1. The van der Waals surface area contributed by atoms with Crippen molar-refractivity contribution >= 4 is 46.6 Å². The van der Waals surface area contributed by atoms with Gasteiger partial charge in [0.25, 0.3) is 5.91 Å². The van der Waals surface area contributed by atoms with Gasteiger partial charge in [-0.2, -0.15) is 0 Å². The number of hydrogen-bond donors (Lipinski definition) is 1. The molecular formula is C25H28ClN3O5. The number of carbonyl (C=O) groups excluding carboxylic acids is 4. The summed E-state index contributed by atoms with van der Waals surface area (Å²) < 4.78 is 5.61. The Balaban J connectivity index is 1.92. The summed E-state index contributed by atoms with van der Waals surface area (Å²) in [6.07, 6.45) is -1.46. The molecule has 1 heterocycles. The normalized spacial score (nSPS) is 16.2. The number of amides is 4. The van der Waals surface area contributed by atoms with Gasteiger partial charge in [-0.25, -0.2) is 9.69 Å². The van der Waals surface area contributed by atoms with Gasteiger partial charge in [-0.3, -0.25) is 19.3 Å². The minimum Gasteiger partial charge on any atom is -0.350 e. The topological polar surface area (TPSA) is 96.0 Å². The lowest BCUT2D eigenvalue weighted by molar-refractivity contribution is -0.134. The van der Waals surface area contributed by atoms with E-state index in [1.807, 2.05) is 30.3 Å². The smallest absolute Gasteiger partial charge is 0.334 e. The molecule has 0 spiro atoms. The summed E-state index contributed by atoms with van der Waals surface area (Å²) in [6.45, 7) is 7.31. The maximum Gasteiger partial charge on any atom is 0.334 e. The maximum absolute atomic E-state index is 13.4. The van der Waals surface area contributed by atoms with Crippen LogP contribution in [0.4, 0.5) is 16.2 Å². The Kier molecular flexibility index (Phi) is 7.74. The predicted molar refractivity (Wildman–Crippen MR) is 129 cm³/mol. The minimum absolute atomic E-state index is 0.149. The van der Waals surface area contributed by atoms with Gasteiger partial charge in [0.1, 0.15) is 5.78 Å². The first-order chi connectivity index (χ1) is 16.0. The van der Waals surface area contributed by atoms with Gasteiger partial charge in [0.15, 0.2) is 0 Å². The molecule has 1 aliphatic rings. The number of carbonyl (C=O) groups is 4. The molecule has 2 aromatic rings. The van der Waals surface area contributed by atoms with Crippen LogP contribution in [0.25, 0.3) is 0 Å². The van der Waals surface area contributed by atoms with Crippen LogP contribution in [0.1, 0.15) is 39.7 Å². The van der Waals surface area contributed by atoms with Gasteiger partial charge >= 0.3 is 6.03 Å². The molecule has 0 bridgehead atoms. The van der Waals surface area contributed by atoms with Crippen LogP contribution in [0.5, 0.6) is 0 Å². The highest BCUT2D eigenvalue weighted by Crippen LogP contribution is 2.35. The highest BCUT2D eigenvalue weighted by Gasteiger charge is 2.47. The third-order valence-electron chi connectivity index (χ3n) is 5.30. The first-order valence-corrected chi connectivity index (χ1v) is 11.3. The van der Waals surface area contributed by atoms with Crippen molar-refractivity contribution in [2.24, 2.45) is 5.41 Å². The van der Waals surface area contributed by atoms with Gasteiger partial charge in [-0.1, -0.05) is 62.7 Å². The van der Waals surface area contributed by atoms with Crippen LogP contribution in [0.15, 0.2) is 48.5 Å². The zero-order valence-electron chi connectivity index (χ0n) is 19.6. The van der Waals surface area contributed by atoms with Crippen molar-refractivity contribution in [1.82, 2.24) is 4.90 Å². The number of hydrogen-bond acceptors (Lipinski definition) is 5. The van der Waals surface area contributed by atoms with E-state index in [4.69, 9.17) is 16.3 Å². The number of anilines is 2. The number of ether oxygens (including phenoxy) is 1. The summed E-state index contributed by atoms with van der Waals surface area (Å²) in [7, 11) is 0. The SMILES string of the molecule is CCOC1C(=O)N(c2ccc(Cl)cc2NC(=O)CC(=O)C(C)(C)C)C(=O)N1Cc1ccccc1. The van der Waals surface area contributed by atoms with Crippen molar-refractivity contribution in [3.05, 3.63) is 59.1 Å². The van der Waals surface area contributed by atoms with E-state index in [2.05, 4.69) is 5.32 Å². The van der Waals surface area contributed by atoms with Crippen LogP contribution in [0, 0.1) is 5.41 Å². The molecular weight excluding hydrogens is 458 g/mol. The van der Waals surface area contributed by atoms with Crippen LogP contribution in [0.3, 0.4) is 0 Å². The van der Waals surface area contributed by atoms with E-state index < -0.39 is 29.5 Å². The van der Waals surface area contributed by atoms with Gasteiger partial charge in [-0.05, 0) is 30.7 Å². The van der Waals surface area contributed by atoms with E-state index in [1.54, 1.807) is 27.7 Å². The number of imide groups is 1. The van der Waals surface area contributed by atoms with E-state index in [1.165, 1.54) is 23.1 Å². The van der Waals surface area contributed by atoms with E-state index >= 15 is 0 Å². The monoisotopic (exact) mass is 485 g/mol. The molecule has 1 unspecified atom stereocenters. The average Bonchev–Trinajstić information content (AvgIpc) is 2.98. The Labute approximate surface area is 203 Å². The molecule has 2 aromatic carbocycles. The first-order valence-electron chi connectivity index (χ1n) is 11.0. The lowest BCUT2D eigenvalue weighted by Gasteiger charge is -2.22. The quantitative estimate of drug-likeness (QED) is 0.435. The second-order valence-corrected chi connectivity index (χ2v) is 9.37. The van der Waals surface area contributed by atoms with Gasteiger partial charge in [-0.15, -0.1) is 0 Å². The van der Waals surface area contributed by atoms with Crippen LogP contribution < -0.4 is 10.2 Å². The fourth-order valence-electron chi connectivity index (χ4n) is 3.45. The molecule has 0 radical (unpaired) electrons. The molecule has 8 nitrogen and oxygen atoms in total. The Hall–Kier alpha value is -3.23. The van der Waals surface area contributed by atoms with Crippen molar-refractivity contribution in [1.29, 1.82) is 0 Å². The molecule has 0 saturated carbocycles. The number of Topliss-reactive ketones (excluding diaryl/α,β-unsaturated/α-hetero) is 1. The Morgan fingerprint density at radius 3 is 2.38 bits per heavy atom. The zero-order valence-corrected chi connectivity index (χ0v) is 20.4. The summed E-state index contributed by atoms with van der Waals surface area (Å²) in [4.78, 5) is 53.8. The standard InChI is InChI=1S/C25H28ClN3O5/c1-5-34-23-22(32)29(24(33)28(23)15-16-9-7-6-8-10-16)19-12-11-17(26)13-18(19)27-21(31)14-20(30)25(2,3)4/h6-13,23H,5,14-15H2,1-4H3,(H,27,31). The third kappa shape index (κ3) is 5.63. The summed E-state index contributed by atoms with van der Waals surface area (Å²) in [5.74, 6) is -1.39. The molecule has 1 N–H and O–H groups in total. The van der Waals surface area contributed by atoms with E-state index in [0.29, 0.717) is 5.02 Å². The van der Waals surface area contributed by atoms with Crippen LogP contribution >= 0.6 is 11.6 Å². The number of rotatable bonds is 8. The van der Waals surface area contributed by atoms with Crippen molar-refractivity contribution in [2.45, 2.75) is 46.9 Å². The molecule has 1 aliphatic heterocycles. The van der Waals surface area contributed by atoms with E-state index in [-0.39, 0.29) is 36.7 Å². The third-order valence-corrected chi connectivity index (χ3v) is 5.54. The summed E-state index contributed by atoms with van der Waals surface area (Å²) in [6, 6.07) is 13.1. The number of benzene rings is 2. The lowest BCUT2D eigenvalue weighted by Crippen LogP contribution is -2.36. The van der Waals surface area contributed by atoms with Crippen molar-refractivity contribution in [3.63, 3.8) is 0 Å². The summed E-state index contributed by atoms with van der Waals surface area (Å²) in [5.41, 5.74) is 0.451. The van der Waals surface area contributed by atoms with Gasteiger partial charge in [0, 0.05) is 17.0 Å². The molecule has 0 aliphatic carbocycles. The highest BCUT2D eigenvalue weighted by atomic mass is 35.5. The Bertz CT molecular complexity index is 1100. The van der Waals surface area contributed by atoms with Crippen molar-refractivity contribution in [2.75, 3.05) is 16.8 Å². The molecule has 0 aromatic heterocycles. The van der Waals surface area contributed by atoms with Crippen molar-refractivity contribution in [3.8, 4) is 0 Å². The van der Waals surface area contributed by atoms with Crippen molar-refractivity contribution < 1.29 is 23.9 Å². The first kappa shape index (κ1) is 25.4. The highest BCUT2D eigenvalue weighted by molar-refractivity contribution is 6.31. The average molecular weight is 486 g/mol. The van der Waals surface area contributed by atoms with Crippen LogP contribution in [-0.4, -0.2) is 41.4 Å². The molecule has 1 saturated heterocycles. The summed E-state index contributed by atoms with van der Waals surface area (Å²) >= 11 is 6.13. The number of halogens is 1. The molecule has 9 heteroatoms. The Morgan fingerprint density at radius 2 is 1.76 bits per heavy atom. The zero-order chi connectivity index (χ0) is 25.0. The van der Waals surface area contributed by atoms with Crippen LogP contribution in [0.2, 0.25) is 5.02 Å². The number of nitrogens with zero attached hydrogens (tertiary/aromatic N) is 2. The maximum atomic E-state index is 13.4. The number of ketones is 1. The van der Waals surface area contributed by atoms with Gasteiger partial charge in [0.2, 0.25) is 12.1 Å². The molecule has 1 atom stereocenters. The summed E-state index contributed by atoms with van der Waals surface area (Å²) in [5, 5.41) is 2.93. The molecule has 1 fully saturated rings. The molecule has 34 heavy (non-hydrogen) atoms. The molecule has 3 rings (SSSR count). The van der Waals surface area contributed by atoms with Gasteiger partial charge in [0.05, 0.1) is 24.3 Å². The van der Waals surface area contributed by atoms with E-state index in [9.17, 15) is 19.2 Å². The largest absolute Gasteiger partial charge is 0.350 e. The second-order valence-electron chi connectivity index (χ2n) is 8.94. The fraction of sp³-hybridized carbons (Fsp3) is 0.360. The van der Waals surface area contributed by atoms with E-state index in [0.717, 1.165) is 10.5 Å². The number of nitrogens with one attached hydrogen (secondary N) is 1. The predicted octanol–water partition coefficient (Wildman–Crippen LogP) is 4.62.